The third kappa shape index (κ3) is 5.72. The smallest absolute Gasteiger partial charge is 0.254 e. The first-order valence-electron chi connectivity index (χ1n) is 8.93. The van der Waals surface area contributed by atoms with Crippen molar-refractivity contribution < 1.29 is 28.2 Å². The maximum atomic E-state index is 14.7. The number of amides is 1. The second-order valence-corrected chi connectivity index (χ2v) is 6.01. The van der Waals surface area contributed by atoms with Gasteiger partial charge in [0.2, 0.25) is 0 Å². The van der Waals surface area contributed by atoms with Crippen LogP contribution in [0.2, 0.25) is 0 Å². The Balaban J connectivity index is 2.20. The Morgan fingerprint density at radius 1 is 1.24 bits per heavy atom. The largest absolute Gasteiger partial charge is 0.488 e. The predicted octanol–water partition coefficient (Wildman–Crippen LogP) is 2.01. The zero-order valence-corrected chi connectivity index (χ0v) is 15.9. The molecule has 7 nitrogen and oxygen atoms in total. The Labute approximate surface area is 166 Å². The van der Waals surface area contributed by atoms with E-state index in [0.29, 0.717) is 11.1 Å². The number of aliphatic hydroxyl groups is 1. The Hall–Kier alpha value is -3.04. The molecule has 0 aliphatic rings. The minimum atomic E-state index is -1.52. The van der Waals surface area contributed by atoms with Crippen molar-refractivity contribution in [1.82, 2.24) is 5.32 Å². The van der Waals surface area contributed by atoms with Crippen molar-refractivity contribution >= 4 is 11.7 Å². The van der Waals surface area contributed by atoms with Crippen molar-refractivity contribution in [1.29, 1.82) is 5.41 Å². The molecule has 29 heavy (non-hydrogen) atoms. The highest BCUT2D eigenvalue weighted by Crippen LogP contribution is 2.30. The average Bonchev–Trinajstić information content (AvgIpc) is 2.71. The molecule has 2 aromatic carbocycles. The second kappa shape index (κ2) is 10.5. The van der Waals surface area contributed by atoms with Gasteiger partial charge in [-0.2, -0.15) is 0 Å². The van der Waals surface area contributed by atoms with Crippen LogP contribution in [0.1, 0.15) is 29.7 Å². The van der Waals surface area contributed by atoms with Crippen LogP contribution in [-0.4, -0.2) is 36.7 Å². The highest BCUT2D eigenvalue weighted by Gasteiger charge is 2.29. The van der Waals surface area contributed by atoms with Gasteiger partial charge in [-0.1, -0.05) is 24.3 Å². The molecule has 0 saturated carbocycles. The van der Waals surface area contributed by atoms with Crippen molar-refractivity contribution in [2.45, 2.75) is 19.6 Å². The fraction of sp³-hybridized carbons (Fsp3) is 0.300. The number of halogens is 2. The van der Waals surface area contributed by atoms with E-state index in [2.05, 4.69) is 5.32 Å². The van der Waals surface area contributed by atoms with Crippen LogP contribution in [0.15, 0.2) is 36.4 Å². The summed E-state index contributed by atoms with van der Waals surface area (Å²) >= 11 is 0. The lowest BCUT2D eigenvalue weighted by molar-refractivity contribution is -0.133. The highest BCUT2D eigenvalue weighted by molar-refractivity contribution is 5.94. The summed E-state index contributed by atoms with van der Waals surface area (Å²) in [4.78, 5) is 12.6. The summed E-state index contributed by atoms with van der Waals surface area (Å²) < 4.78 is 39.4. The molecule has 1 amide bonds. The molecule has 0 spiro atoms. The average molecular weight is 407 g/mol. The molecule has 0 aromatic heterocycles. The first-order chi connectivity index (χ1) is 13.9. The van der Waals surface area contributed by atoms with Gasteiger partial charge >= 0.3 is 0 Å². The molecule has 1 unspecified atom stereocenters. The number of amidine groups is 1. The Morgan fingerprint density at radius 3 is 2.52 bits per heavy atom. The second-order valence-electron chi connectivity index (χ2n) is 6.01. The normalized spacial score (nSPS) is 11.7. The molecule has 0 radical (unpaired) electrons. The van der Waals surface area contributed by atoms with Gasteiger partial charge in [-0.25, -0.2) is 8.78 Å². The van der Waals surface area contributed by atoms with Crippen LogP contribution in [0.5, 0.6) is 5.75 Å². The number of benzene rings is 2. The number of aliphatic hydroxyl groups excluding tert-OH is 1. The number of nitrogens with one attached hydrogen (secondary N) is 2. The molecule has 0 aliphatic carbocycles. The number of hydrogen-bond acceptors (Lipinski definition) is 5. The van der Waals surface area contributed by atoms with Gasteiger partial charge in [0, 0.05) is 18.7 Å². The van der Waals surface area contributed by atoms with Crippen LogP contribution in [0.3, 0.4) is 0 Å². The summed E-state index contributed by atoms with van der Waals surface area (Å²) in [6.45, 7) is 1.22. The molecular formula is C20H23F2N3O4. The quantitative estimate of drug-likeness (QED) is 0.355. The van der Waals surface area contributed by atoms with E-state index >= 15 is 0 Å². The fourth-order valence-electron chi connectivity index (χ4n) is 2.60. The minimum Gasteiger partial charge on any atom is -0.488 e. The number of carbonyl (C=O) groups excluding carboxylic acids is 1. The SMILES string of the molecule is CCOC(C(=O)NCc1ccc(C(=N)N)cc1)c1c(F)ccc(OCCO)c1F. The van der Waals surface area contributed by atoms with Crippen LogP contribution in [-0.2, 0) is 16.1 Å². The molecule has 5 N–H and O–H groups in total. The van der Waals surface area contributed by atoms with E-state index in [9.17, 15) is 13.6 Å². The number of rotatable bonds is 10. The molecule has 9 heteroatoms. The van der Waals surface area contributed by atoms with Crippen molar-refractivity contribution in [3.8, 4) is 5.75 Å². The monoisotopic (exact) mass is 407 g/mol. The topological polar surface area (TPSA) is 118 Å². The lowest BCUT2D eigenvalue weighted by atomic mass is 10.1. The summed E-state index contributed by atoms with van der Waals surface area (Å²) in [5.41, 5.74) is 6.08. The maximum absolute atomic E-state index is 14.7. The van der Waals surface area contributed by atoms with Crippen LogP contribution in [0, 0.1) is 17.0 Å². The third-order valence-electron chi connectivity index (χ3n) is 4.01. The molecule has 0 bridgehead atoms. The van der Waals surface area contributed by atoms with E-state index in [1.807, 2.05) is 0 Å². The maximum Gasteiger partial charge on any atom is 0.254 e. The molecule has 2 rings (SSSR count). The van der Waals surface area contributed by atoms with Gasteiger partial charge in [0.25, 0.3) is 5.91 Å². The van der Waals surface area contributed by atoms with Crippen molar-refractivity contribution in [3.63, 3.8) is 0 Å². The first-order valence-corrected chi connectivity index (χ1v) is 8.93. The van der Waals surface area contributed by atoms with Crippen molar-refractivity contribution in [3.05, 3.63) is 64.7 Å². The summed E-state index contributed by atoms with van der Waals surface area (Å²) in [6, 6.07) is 8.68. The van der Waals surface area contributed by atoms with E-state index in [0.717, 1.165) is 12.1 Å². The molecule has 2 aromatic rings. The zero-order chi connectivity index (χ0) is 21.4. The van der Waals surface area contributed by atoms with E-state index < -0.39 is 29.2 Å². The molecule has 156 valence electrons. The highest BCUT2D eigenvalue weighted by atomic mass is 19.1. The summed E-state index contributed by atoms with van der Waals surface area (Å²) in [6.07, 6.45) is -1.52. The summed E-state index contributed by atoms with van der Waals surface area (Å²) in [5, 5.41) is 18.8. The molecule has 0 fully saturated rings. The van der Waals surface area contributed by atoms with Crippen molar-refractivity contribution in [2.75, 3.05) is 19.8 Å². The fourth-order valence-corrected chi connectivity index (χ4v) is 2.60. The van der Waals surface area contributed by atoms with Crippen molar-refractivity contribution in [2.24, 2.45) is 5.73 Å². The molecule has 0 aliphatic heterocycles. The van der Waals surface area contributed by atoms with E-state index in [1.54, 1.807) is 31.2 Å². The van der Waals surface area contributed by atoms with Crippen LogP contribution in [0.25, 0.3) is 0 Å². The van der Waals surface area contributed by atoms with E-state index in [-0.39, 0.29) is 38.0 Å². The number of carbonyl (C=O) groups is 1. The molecule has 0 heterocycles. The lowest BCUT2D eigenvalue weighted by Crippen LogP contribution is -2.32. The van der Waals surface area contributed by atoms with Crippen LogP contribution < -0.4 is 15.8 Å². The number of nitrogens with two attached hydrogens (primary N) is 1. The van der Waals surface area contributed by atoms with Gasteiger partial charge in [0.1, 0.15) is 18.3 Å². The predicted molar refractivity (Wildman–Crippen MR) is 103 cm³/mol. The summed E-state index contributed by atoms with van der Waals surface area (Å²) in [5.74, 6) is -3.09. The van der Waals surface area contributed by atoms with Gasteiger partial charge in [-0.15, -0.1) is 0 Å². The Kier molecular flexibility index (Phi) is 8.05. The third-order valence-corrected chi connectivity index (χ3v) is 4.01. The zero-order valence-electron chi connectivity index (χ0n) is 15.9. The molecule has 0 saturated heterocycles. The minimum absolute atomic E-state index is 0.0476. The van der Waals surface area contributed by atoms with E-state index in [4.69, 9.17) is 25.7 Å². The Bertz CT molecular complexity index is 860. The molecule has 1 atom stereocenters. The van der Waals surface area contributed by atoms with Crippen LogP contribution >= 0.6 is 0 Å². The van der Waals surface area contributed by atoms with E-state index in [1.165, 1.54) is 0 Å². The number of hydrogen-bond donors (Lipinski definition) is 4. The van der Waals surface area contributed by atoms with Gasteiger partial charge in [-0.05, 0) is 24.6 Å². The van der Waals surface area contributed by atoms with Crippen LogP contribution in [0.4, 0.5) is 8.78 Å². The Morgan fingerprint density at radius 2 is 1.93 bits per heavy atom. The molecular weight excluding hydrogens is 384 g/mol. The van der Waals surface area contributed by atoms with Gasteiger partial charge < -0.3 is 25.6 Å². The standard InChI is InChI=1S/C20H23F2N3O4/c1-2-28-18(16-14(21)7-8-15(17(16)22)29-10-9-26)20(27)25-11-12-3-5-13(6-4-12)19(23)24/h3-8,18,26H,2,9-11H2,1H3,(H3,23,24)(H,25,27). The number of ether oxygens (including phenoxy) is 2. The van der Waals surface area contributed by atoms with Gasteiger partial charge in [0.05, 0.1) is 12.2 Å². The first kappa shape index (κ1) is 22.3. The number of nitrogen functional groups attached to an aromatic ring is 1. The lowest BCUT2D eigenvalue weighted by Gasteiger charge is -2.20. The van der Waals surface area contributed by atoms with Gasteiger partial charge in [0.15, 0.2) is 17.7 Å². The summed E-state index contributed by atoms with van der Waals surface area (Å²) in [7, 11) is 0. The van der Waals surface area contributed by atoms with Gasteiger partial charge in [-0.3, -0.25) is 10.2 Å².